The van der Waals surface area contributed by atoms with E-state index in [1.807, 2.05) is 25.1 Å². The van der Waals surface area contributed by atoms with E-state index in [0.29, 0.717) is 23.5 Å². The van der Waals surface area contributed by atoms with E-state index in [1.54, 1.807) is 43.3 Å². The van der Waals surface area contributed by atoms with Gasteiger partial charge in [-0.2, -0.15) is 0 Å². The molecule has 0 spiro atoms. The normalized spacial score (nSPS) is 11.4. The summed E-state index contributed by atoms with van der Waals surface area (Å²) in [4.78, 5) is 23.9. The zero-order chi connectivity index (χ0) is 17.4. The van der Waals surface area contributed by atoms with Crippen LogP contribution in [0.25, 0.3) is 0 Å². The molecule has 2 N–H and O–H groups in total. The van der Waals surface area contributed by atoms with Crippen molar-refractivity contribution in [3.8, 4) is 5.75 Å². The number of carbonyl (C=O) groups is 2. The third-order valence-electron chi connectivity index (χ3n) is 3.32. The van der Waals surface area contributed by atoms with E-state index >= 15 is 0 Å². The molecule has 5 heteroatoms. The van der Waals surface area contributed by atoms with Crippen LogP contribution in [0.15, 0.2) is 54.6 Å². The van der Waals surface area contributed by atoms with Gasteiger partial charge in [-0.25, -0.2) is 0 Å². The van der Waals surface area contributed by atoms with Crippen LogP contribution in [0.5, 0.6) is 5.75 Å². The maximum absolute atomic E-state index is 12.2. The van der Waals surface area contributed by atoms with E-state index < -0.39 is 6.10 Å². The summed E-state index contributed by atoms with van der Waals surface area (Å²) in [6, 6.07) is 16.2. The fraction of sp³-hybridized carbons (Fsp3) is 0.263. The minimum absolute atomic E-state index is 0.0400. The third-order valence-corrected chi connectivity index (χ3v) is 3.32. The monoisotopic (exact) mass is 326 g/mol. The van der Waals surface area contributed by atoms with E-state index in [0.717, 1.165) is 6.42 Å². The Morgan fingerprint density at radius 3 is 2.33 bits per heavy atom. The number of hydrogen-bond donors (Lipinski definition) is 2. The second-order valence-electron chi connectivity index (χ2n) is 5.44. The molecule has 0 radical (unpaired) electrons. The maximum atomic E-state index is 12.2. The SMILES string of the molecule is CCCC(=O)Nc1cccc(NC(=O)C(C)Oc2ccccc2)c1. The summed E-state index contributed by atoms with van der Waals surface area (Å²) in [5, 5.41) is 5.60. The molecule has 0 aromatic heterocycles. The smallest absolute Gasteiger partial charge is 0.265 e. The van der Waals surface area contributed by atoms with Crippen LogP contribution in [0.1, 0.15) is 26.7 Å². The Labute approximate surface area is 142 Å². The first-order valence-corrected chi connectivity index (χ1v) is 8.01. The van der Waals surface area contributed by atoms with Gasteiger partial charge in [-0.3, -0.25) is 9.59 Å². The molecule has 2 rings (SSSR count). The molecule has 24 heavy (non-hydrogen) atoms. The Bertz CT molecular complexity index is 686. The fourth-order valence-electron chi connectivity index (χ4n) is 2.13. The minimum Gasteiger partial charge on any atom is -0.481 e. The second-order valence-corrected chi connectivity index (χ2v) is 5.44. The van der Waals surface area contributed by atoms with Gasteiger partial charge in [0.05, 0.1) is 0 Å². The van der Waals surface area contributed by atoms with Gasteiger partial charge in [-0.05, 0) is 43.7 Å². The molecular weight excluding hydrogens is 304 g/mol. The first-order chi connectivity index (χ1) is 11.6. The third kappa shape index (κ3) is 5.43. The van der Waals surface area contributed by atoms with Crippen molar-refractivity contribution in [3.05, 3.63) is 54.6 Å². The van der Waals surface area contributed by atoms with Crippen LogP contribution >= 0.6 is 0 Å². The molecule has 2 aromatic rings. The summed E-state index contributed by atoms with van der Waals surface area (Å²) in [7, 11) is 0. The summed E-state index contributed by atoms with van der Waals surface area (Å²) in [5.74, 6) is 0.346. The highest BCUT2D eigenvalue weighted by atomic mass is 16.5. The van der Waals surface area contributed by atoms with Crippen LogP contribution in [0, 0.1) is 0 Å². The number of benzene rings is 2. The number of amides is 2. The second kappa shape index (κ2) is 8.72. The number of rotatable bonds is 7. The Balaban J connectivity index is 1.94. The molecule has 0 bridgehead atoms. The van der Waals surface area contributed by atoms with Gasteiger partial charge in [0.2, 0.25) is 5.91 Å². The average Bonchev–Trinajstić information content (AvgIpc) is 2.56. The molecule has 1 unspecified atom stereocenters. The lowest BCUT2D eigenvalue weighted by Gasteiger charge is -2.15. The highest BCUT2D eigenvalue weighted by molar-refractivity contribution is 5.96. The van der Waals surface area contributed by atoms with Crippen molar-refractivity contribution < 1.29 is 14.3 Å². The largest absolute Gasteiger partial charge is 0.481 e. The van der Waals surface area contributed by atoms with Crippen molar-refractivity contribution in [2.75, 3.05) is 10.6 Å². The minimum atomic E-state index is -0.634. The molecule has 0 saturated heterocycles. The number of ether oxygens (including phenoxy) is 1. The number of hydrogen-bond acceptors (Lipinski definition) is 3. The van der Waals surface area contributed by atoms with Crippen molar-refractivity contribution in [3.63, 3.8) is 0 Å². The quantitative estimate of drug-likeness (QED) is 0.812. The zero-order valence-electron chi connectivity index (χ0n) is 13.9. The van der Waals surface area contributed by atoms with Gasteiger partial charge in [-0.1, -0.05) is 31.2 Å². The molecule has 2 aromatic carbocycles. The summed E-state index contributed by atoms with van der Waals surface area (Å²) >= 11 is 0. The molecule has 0 aliphatic carbocycles. The number of para-hydroxylation sites is 1. The predicted octanol–water partition coefficient (Wildman–Crippen LogP) is 3.83. The van der Waals surface area contributed by atoms with Gasteiger partial charge in [0.15, 0.2) is 6.10 Å². The number of nitrogens with one attached hydrogen (secondary N) is 2. The first-order valence-electron chi connectivity index (χ1n) is 8.01. The molecule has 1 atom stereocenters. The molecular formula is C19H22N2O3. The van der Waals surface area contributed by atoms with Crippen LogP contribution in [0.3, 0.4) is 0 Å². The molecule has 0 aliphatic heterocycles. The Morgan fingerprint density at radius 1 is 1.00 bits per heavy atom. The summed E-state index contributed by atoms with van der Waals surface area (Å²) in [6.45, 7) is 3.64. The molecule has 126 valence electrons. The standard InChI is InChI=1S/C19H22N2O3/c1-3-8-18(22)20-15-9-7-10-16(13-15)21-19(23)14(2)24-17-11-5-4-6-12-17/h4-7,9-14H,3,8H2,1-2H3,(H,20,22)(H,21,23). The molecule has 2 amide bonds. The highest BCUT2D eigenvalue weighted by Gasteiger charge is 2.15. The molecule has 0 aliphatic rings. The lowest BCUT2D eigenvalue weighted by molar-refractivity contribution is -0.122. The molecule has 0 fully saturated rings. The van der Waals surface area contributed by atoms with Crippen LogP contribution in [0.2, 0.25) is 0 Å². The Morgan fingerprint density at radius 2 is 1.67 bits per heavy atom. The van der Waals surface area contributed by atoms with Crippen molar-refractivity contribution in [1.82, 2.24) is 0 Å². The Kier molecular flexibility index (Phi) is 6.37. The van der Waals surface area contributed by atoms with Gasteiger partial charge >= 0.3 is 0 Å². The van der Waals surface area contributed by atoms with Crippen LogP contribution in [-0.4, -0.2) is 17.9 Å². The van der Waals surface area contributed by atoms with Crippen LogP contribution in [-0.2, 0) is 9.59 Å². The fourth-order valence-corrected chi connectivity index (χ4v) is 2.13. The van der Waals surface area contributed by atoms with E-state index in [-0.39, 0.29) is 11.8 Å². The summed E-state index contributed by atoms with van der Waals surface area (Å²) in [5.41, 5.74) is 1.26. The molecule has 5 nitrogen and oxygen atoms in total. The lowest BCUT2D eigenvalue weighted by Crippen LogP contribution is -2.30. The van der Waals surface area contributed by atoms with Crippen molar-refractivity contribution >= 4 is 23.2 Å². The zero-order valence-corrected chi connectivity index (χ0v) is 13.9. The van der Waals surface area contributed by atoms with E-state index in [9.17, 15) is 9.59 Å². The van der Waals surface area contributed by atoms with Gasteiger partial charge in [0.25, 0.3) is 5.91 Å². The molecule has 0 saturated carbocycles. The first kappa shape index (κ1) is 17.5. The number of carbonyl (C=O) groups excluding carboxylic acids is 2. The lowest BCUT2D eigenvalue weighted by atomic mass is 10.2. The van der Waals surface area contributed by atoms with Crippen LogP contribution < -0.4 is 15.4 Å². The maximum Gasteiger partial charge on any atom is 0.265 e. The van der Waals surface area contributed by atoms with Gasteiger partial charge in [0, 0.05) is 17.8 Å². The topological polar surface area (TPSA) is 67.4 Å². The highest BCUT2D eigenvalue weighted by Crippen LogP contribution is 2.17. The van der Waals surface area contributed by atoms with E-state index in [2.05, 4.69) is 10.6 Å². The summed E-state index contributed by atoms with van der Waals surface area (Å²) < 4.78 is 5.59. The number of anilines is 2. The van der Waals surface area contributed by atoms with Gasteiger partial charge < -0.3 is 15.4 Å². The van der Waals surface area contributed by atoms with Crippen molar-refractivity contribution in [1.29, 1.82) is 0 Å². The van der Waals surface area contributed by atoms with Crippen molar-refractivity contribution in [2.24, 2.45) is 0 Å². The Hall–Kier alpha value is -2.82. The predicted molar refractivity (Wildman–Crippen MR) is 95.1 cm³/mol. The van der Waals surface area contributed by atoms with Gasteiger partial charge in [-0.15, -0.1) is 0 Å². The van der Waals surface area contributed by atoms with Crippen LogP contribution in [0.4, 0.5) is 11.4 Å². The average molecular weight is 326 g/mol. The van der Waals surface area contributed by atoms with E-state index in [4.69, 9.17) is 4.74 Å². The van der Waals surface area contributed by atoms with Gasteiger partial charge in [0.1, 0.15) is 5.75 Å². The van der Waals surface area contributed by atoms with E-state index in [1.165, 1.54) is 0 Å². The summed E-state index contributed by atoms with van der Waals surface area (Å²) in [6.07, 6.45) is 0.625. The molecule has 0 heterocycles. The van der Waals surface area contributed by atoms with Crippen molar-refractivity contribution in [2.45, 2.75) is 32.8 Å².